The third-order valence-corrected chi connectivity index (χ3v) is 5.22. The monoisotopic (exact) mass is 323 g/mol. The van der Waals surface area contributed by atoms with E-state index in [4.69, 9.17) is 0 Å². The molecule has 1 aromatic rings. The minimum absolute atomic E-state index is 0.507. The highest BCUT2D eigenvalue weighted by Crippen LogP contribution is 2.42. The SMILES string of the molecule is Oc1c(Br)cc2c(c1C1CCNCC1)CCCCC2. The summed E-state index contributed by atoms with van der Waals surface area (Å²) < 4.78 is 0.890. The number of hydrogen-bond donors (Lipinski definition) is 2. The van der Waals surface area contributed by atoms with E-state index >= 15 is 0 Å². The lowest BCUT2D eigenvalue weighted by Crippen LogP contribution is -2.27. The summed E-state index contributed by atoms with van der Waals surface area (Å²) >= 11 is 3.55. The van der Waals surface area contributed by atoms with Gasteiger partial charge in [0.05, 0.1) is 4.47 Å². The molecule has 1 saturated heterocycles. The molecule has 0 unspecified atom stereocenters. The van der Waals surface area contributed by atoms with Crippen molar-refractivity contribution in [2.45, 2.75) is 50.9 Å². The summed E-state index contributed by atoms with van der Waals surface area (Å²) in [6.45, 7) is 2.15. The number of fused-ring (bicyclic) bond motifs is 1. The summed E-state index contributed by atoms with van der Waals surface area (Å²) in [6, 6.07) is 2.15. The smallest absolute Gasteiger partial charge is 0.133 e. The summed E-state index contributed by atoms with van der Waals surface area (Å²) in [5, 5.41) is 13.9. The van der Waals surface area contributed by atoms with Crippen LogP contribution in [0, 0.1) is 0 Å². The summed E-state index contributed by atoms with van der Waals surface area (Å²) in [5.74, 6) is 1.04. The van der Waals surface area contributed by atoms with Crippen molar-refractivity contribution < 1.29 is 5.11 Å². The highest BCUT2D eigenvalue weighted by Gasteiger charge is 2.25. The normalized spacial score (nSPS) is 20.9. The lowest BCUT2D eigenvalue weighted by molar-refractivity contribution is 0.419. The van der Waals surface area contributed by atoms with Crippen LogP contribution in [0.3, 0.4) is 0 Å². The van der Waals surface area contributed by atoms with Crippen molar-refractivity contribution in [2.24, 2.45) is 0 Å². The Morgan fingerprint density at radius 2 is 1.84 bits per heavy atom. The molecule has 1 fully saturated rings. The molecule has 0 amide bonds. The molecule has 2 nitrogen and oxygen atoms in total. The summed E-state index contributed by atoms with van der Waals surface area (Å²) in [6.07, 6.45) is 8.50. The third kappa shape index (κ3) is 2.68. The van der Waals surface area contributed by atoms with E-state index in [1.54, 1.807) is 0 Å². The van der Waals surface area contributed by atoms with Gasteiger partial charge in [-0.2, -0.15) is 0 Å². The zero-order chi connectivity index (χ0) is 13.2. The molecule has 19 heavy (non-hydrogen) atoms. The number of aryl methyl sites for hydroxylation is 1. The zero-order valence-corrected chi connectivity index (χ0v) is 12.9. The Kier molecular flexibility index (Phi) is 4.13. The molecule has 0 spiro atoms. The van der Waals surface area contributed by atoms with Crippen LogP contribution in [0.4, 0.5) is 0 Å². The van der Waals surface area contributed by atoms with E-state index in [9.17, 15) is 5.11 Å². The van der Waals surface area contributed by atoms with Crippen LogP contribution in [0.15, 0.2) is 10.5 Å². The molecule has 104 valence electrons. The van der Waals surface area contributed by atoms with Gasteiger partial charge in [-0.05, 0) is 90.7 Å². The molecule has 0 aromatic heterocycles. The number of phenolic OH excluding ortho intramolecular Hbond substituents is 1. The number of halogens is 1. The Hall–Kier alpha value is -0.540. The van der Waals surface area contributed by atoms with Gasteiger partial charge in [0.2, 0.25) is 0 Å². The van der Waals surface area contributed by atoms with Crippen LogP contribution in [-0.4, -0.2) is 18.2 Å². The summed E-state index contributed by atoms with van der Waals surface area (Å²) in [5.41, 5.74) is 4.19. The molecule has 3 heteroatoms. The predicted octanol–water partition coefficient (Wildman–Crippen LogP) is 3.89. The van der Waals surface area contributed by atoms with Gasteiger partial charge in [0.1, 0.15) is 5.75 Å². The van der Waals surface area contributed by atoms with E-state index in [0.717, 1.165) is 36.8 Å². The van der Waals surface area contributed by atoms with Crippen LogP contribution in [0.1, 0.15) is 54.7 Å². The second-order valence-corrected chi connectivity index (χ2v) is 6.70. The number of rotatable bonds is 1. The van der Waals surface area contributed by atoms with Gasteiger partial charge in [-0.1, -0.05) is 6.42 Å². The van der Waals surface area contributed by atoms with Crippen molar-refractivity contribution in [3.05, 3.63) is 27.2 Å². The van der Waals surface area contributed by atoms with E-state index in [-0.39, 0.29) is 0 Å². The molecular formula is C16H22BrNO. The van der Waals surface area contributed by atoms with E-state index in [1.165, 1.54) is 42.4 Å². The molecule has 1 heterocycles. The van der Waals surface area contributed by atoms with Gasteiger partial charge in [-0.3, -0.25) is 0 Å². The lowest BCUT2D eigenvalue weighted by Gasteiger charge is -2.27. The van der Waals surface area contributed by atoms with Gasteiger partial charge in [-0.25, -0.2) is 0 Å². The Balaban J connectivity index is 2.07. The van der Waals surface area contributed by atoms with Crippen LogP contribution in [0.2, 0.25) is 0 Å². The number of phenols is 1. The zero-order valence-electron chi connectivity index (χ0n) is 11.3. The van der Waals surface area contributed by atoms with Crippen LogP contribution in [-0.2, 0) is 12.8 Å². The second kappa shape index (κ2) is 5.84. The average molecular weight is 324 g/mol. The fourth-order valence-electron chi connectivity index (χ4n) is 3.62. The first-order valence-corrected chi connectivity index (χ1v) is 8.30. The van der Waals surface area contributed by atoms with Crippen molar-refractivity contribution in [3.8, 4) is 5.75 Å². The van der Waals surface area contributed by atoms with Crippen molar-refractivity contribution >= 4 is 15.9 Å². The van der Waals surface area contributed by atoms with Crippen molar-refractivity contribution in [3.63, 3.8) is 0 Å². The molecular weight excluding hydrogens is 302 g/mol. The van der Waals surface area contributed by atoms with E-state index < -0.39 is 0 Å². The summed E-state index contributed by atoms with van der Waals surface area (Å²) in [4.78, 5) is 0. The Morgan fingerprint density at radius 1 is 1.11 bits per heavy atom. The van der Waals surface area contributed by atoms with Gasteiger partial charge in [0.15, 0.2) is 0 Å². The third-order valence-electron chi connectivity index (χ3n) is 4.62. The molecule has 0 bridgehead atoms. The van der Waals surface area contributed by atoms with Gasteiger partial charge >= 0.3 is 0 Å². The predicted molar refractivity (Wildman–Crippen MR) is 81.9 cm³/mol. The molecule has 0 saturated carbocycles. The van der Waals surface area contributed by atoms with Gasteiger partial charge in [-0.15, -0.1) is 0 Å². The Labute approximate surface area is 123 Å². The van der Waals surface area contributed by atoms with Gasteiger partial charge in [0, 0.05) is 5.56 Å². The maximum absolute atomic E-state index is 10.5. The minimum Gasteiger partial charge on any atom is -0.506 e. The number of piperidine rings is 1. The van der Waals surface area contributed by atoms with Gasteiger partial charge < -0.3 is 10.4 Å². The Morgan fingerprint density at radius 3 is 2.63 bits per heavy atom. The van der Waals surface area contributed by atoms with Gasteiger partial charge in [0.25, 0.3) is 0 Å². The molecule has 2 N–H and O–H groups in total. The quantitative estimate of drug-likeness (QED) is 0.768. The highest BCUT2D eigenvalue weighted by molar-refractivity contribution is 9.10. The van der Waals surface area contributed by atoms with Crippen LogP contribution in [0.5, 0.6) is 5.75 Å². The molecule has 1 aliphatic heterocycles. The van der Waals surface area contributed by atoms with E-state index in [2.05, 4.69) is 27.3 Å². The van der Waals surface area contributed by atoms with E-state index in [0.29, 0.717) is 11.7 Å². The maximum atomic E-state index is 10.5. The topological polar surface area (TPSA) is 32.3 Å². The molecule has 0 atom stereocenters. The lowest BCUT2D eigenvalue weighted by atomic mass is 9.83. The summed E-state index contributed by atoms with van der Waals surface area (Å²) in [7, 11) is 0. The number of benzene rings is 1. The van der Waals surface area contributed by atoms with Crippen molar-refractivity contribution in [1.29, 1.82) is 0 Å². The largest absolute Gasteiger partial charge is 0.506 e. The molecule has 1 aliphatic carbocycles. The fourth-order valence-corrected chi connectivity index (χ4v) is 4.11. The van der Waals surface area contributed by atoms with Crippen molar-refractivity contribution in [1.82, 2.24) is 5.32 Å². The maximum Gasteiger partial charge on any atom is 0.133 e. The first kappa shape index (κ1) is 13.4. The first-order valence-electron chi connectivity index (χ1n) is 7.51. The number of aromatic hydroxyl groups is 1. The highest BCUT2D eigenvalue weighted by atomic mass is 79.9. The second-order valence-electron chi connectivity index (χ2n) is 5.84. The molecule has 3 rings (SSSR count). The molecule has 0 radical (unpaired) electrons. The average Bonchev–Trinajstić information content (AvgIpc) is 2.66. The van der Waals surface area contributed by atoms with Crippen LogP contribution < -0.4 is 5.32 Å². The number of hydrogen-bond acceptors (Lipinski definition) is 2. The van der Waals surface area contributed by atoms with Crippen LogP contribution >= 0.6 is 15.9 Å². The fraction of sp³-hybridized carbons (Fsp3) is 0.625. The van der Waals surface area contributed by atoms with Crippen molar-refractivity contribution in [2.75, 3.05) is 13.1 Å². The first-order chi connectivity index (χ1) is 9.27. The molecule has 2 aliphatic rings. The van der Waals surface area contributed by atoms with Crippen LogP contribution in [0.25, 0.3) is 0 Å². The number of nitrogens with one attached hydrogen (secondary N) is 1. The van der Waals surface area contributed by atoms with E-state index in [1.807, 2.05) is 0 Å². The standard InChI is InChI=1S/C16H22BrNO/c17-14-10-12-4-2-1-3-5-13(12)15(16(14)19)11-6-8-18-9-7-11/h10-11,18-19H,1-9H2. The molecule has 1 aromatic carbocycles. The Bertz CT molecular complexity index is 466. The minimum atomic E-state index is 0.507.